The summed E-state index contributed by atoms with van der Waals surface area (Å²) in [6.45, 7) is 2.08. The molecule has 0 bridgehead atoms. The maximum absolute atomic E-state index is 6.05. The summed E-state index contributed by atoms with van der Waals surface area (Å²) >= 11 is 0. The van der Waals surface area contributed by atoms with Crippen LogP contribution in [0.2, 0.25) is 0 Å². The molecule has 0 unspecified atom stereocenters. The second-order valence-electron chi connectivity index (χ2n) is 4.31. The molecule has 0 aliphatic heterocycles. The van der Waals surface area contributed by atoms with Crippen molar-refractivity contribution in [3.05, 3.63) is 5.69 Å². The molecule has 4 nitrogen and oxygen atoms in total. The van der Waals surface area contributed by atoms with E-state index in [2.05, 4.69) is 17.3 Å². The van der Waals surface area contributed by atoms with Crippen LogP contribution in [0, 0.1) is 0 Å². The lowest BCUT2D eigenvalue weighted by molar-refractivity contribution is 0.705. The fourth-order valence-electron chi connectivity index (χ4n) is 2.29. The van der Waals surface area contributed by atoms with E-state index in [1.165, 1.54) is 25.7 Å². The van der Waals surface area contributed by atoms with Gasteiger partial charge in [-0.2, -0.15) is 5.10 Å². The van der Waals surface area contributed by atoms with Gasteiger partial charge in [-0.05, 0) is 19.3 Å². The number of nitrogens with one attached hydrogen (secondary N) is 1. The molecule has 0 amide bonds. The Morgan fingerprint density at radius 1 is 1.47 bits per heavy atom. The lowest BCUT2D eigenvalue weighted by Gasteiger charge is -2.13. The molecular weight excluding hydrogens is 188 g/mol. The van der Waals surface area contributed by atoms with Gasteiger partial charge < -0.3 is 11.1 Å². The number of hydrogen-bond donors (Lipinski definition) is 2. The highest BCUT2D eigenvalue weighted by Gasteiger charge is 2.19. The zero-order chi connectivity index (χ0) is 10.8. The van der Waals surface area contributed by atoms with Gasteiger partial charge in [0.2, 0.25) is 0 Å². The normalized spacial score (nSPS) is 17.2. The highest BCUT2D eigenvalue weighted by Crippen LogP contribution is 2.27. The summed E-state index contributed by atoms with van der Waals surface area (Å²) in [6.07, 6.45) is 6.07. The van der Waals surface area contributed by atoms with Crippen LogP contribution in [0.25, 0.3) is 0 Å². The summed E-state index contributed by atoms with van der Waals surface area (Å²) in [6, 6.07) is 0.590. The molecule has 3 N–H and O–H groups in total. The molecule has 15 heavy (non-hydrogen) atoms. The summed E-state index contributed by atoms with van der Waals surface area (Å²) < 4.78 is 1.87. The van der Waals surface area contributed by atoms with E-state index < -0.39 is 0 Å². The third-order valence-corrected chi connectivity index (χ3v) is 3.19. The Balaban J connectivity index is 2.15. The van der Waals surface area contributed by atoms with Crippen LogP contribution in [-0.2, 0) is 13.5 Å². The Bertz CT molecular complexity index is 337. The fraction of sp³-hybridized carbons (Fsp3) is 0.727. The molecule has 84 valence electrons. The predicted molar refractivity (Wildman–Crippen MR) is 62.9 cm³/mol. The first-order chi connectivity index (χ1) is 7.22. The number of aromatic nitrogens is 2. The van der Waals surface area contributed by atoms with Gasteiger partial charge in [0.15, 0.2) is 0 Å². The molecule has 1 aromatic rings. The van der Waals surface area contributed by atoms with Crippen LogP contribution < -0.4 is 11.1 Å². The number of aryl methyl sites for hydroxylation is 2. The number of hydrogen-bond acceptors (Lipinski definition) is 3. The molecule has 4 heteroatoms. The highest BCUT2D eigenvalue weighted by molar-refractivity contribution is 5.65. The summed E-state index contributed by atoms with van der Waals surface area (Å²) in [5, 5.41) is 7.91. The van der Waals surface area contributed by atoms with E-state index in [0.29, 0.717) is 6.04 Å². The van der Waals surface area contributed by atoms with Crippen molar-refractivity contribution in [1.29, 1.82) is 0 Å². The fourth-order valence-corrected chi connectivity index (χ4v) is 2.29. The molecule has 0 spiro atoms. The first-order valence-electron chi connectivity index (χ1n) is 5.80. The maximum atomic E-state index is 6.05. The largest absolute Gasteiger partial charge is 0.394 e. The number of rotatable bonds is 3. The quantitative estimate of drug-likeness (QED) is 0.798. The molecule has 1 aliphatic carbocycles. The Hall–Kier alpha value is -1.19. The minimum atomic E-state index is 0.590. The second-order valence-corrected chi connectivity index (χ2v) is 4.31. The van der Waals surface area contributed by atoms with Gasteiger partial charge in [0.25, 0.3) is 0 Å². The van der Waals surface area contributed by atoms with Gasteiger partial charge in [-0.25, -0.2) is 0 Å². The van der Waals surface area contributed by atoms with Crippen LogP contribution in [0.3, 0.4) is 0 Å². The van der Waals surface area contributed by atoms with Crippen molar-refractivity contribution in [3.8, 4) is 0 Å². The first kappa shape index (κ1) is 10.3. The Morgan fingerprint density at radius 2 is 2.13 bits per heavy atom. The first-order valence-corrected chi connectivity index (χ1v) is 5.80. The van der Waals surface area contributed by atoms with Crippen molar-refractivity contribution in [1.82, 2.24) is 9.78 Å². The molecule has 1 aromatic heterocycles. The molecule has 1 saturated carbocycles. The van der Waals surface area contributed by atoms with Gasteiger partial charge in [-0.15, -0.1) is 0 Å². The van der Waals surface area contributed by atoms with E-state index in [4.69, 9.17) is 5.73 Å². The van der Waals surface area contributed by atoms with Gasteiger partial charge in [0.05, 0.1) is 11.4 Å². The molecule has 0 atom stereocenters. The van der Waals surface area contributed by atoms with Crippen molar-refractivity contribution < 1.29 is 0 Å². The van der Waals surface area contributed by atoms with E-state index in [1.807, 2.05) is 11.7 Å². The molecular formula is C11H20N4. The van der Waals surface area contributed by atoms with Crippen molar-refractivity contribution >= 4 is 11.5 Å². The number of nitrogens with zero attached hydrogens (tertiary/aromatic N) is 2. The van der Waals surface area contributed by atoms with Crippen LogP contribution in [0.15, 0.2) is 0 Å². The van der Waals surface area contributed by atoms with Crippen LogP contribution in [-0.4, -0.2) is 15.8 Å². The van der Waals surface area contributed by atoms with Gasteiger partial charge in [-0.3, -0.25) is 4.68 Å². The average Bonchev–Trinajstić information content (AvgIpc) is 2.81. The van der Waals surface area contributed by atoms with Gasteiger partial charge >= 0.3 is 0 Å². The standard InChI is InChI=1S/C11H20N4/c1-3-9-10(12)11(15(2)14-9)13-8-6-4-5-7-8/h8,13H,3-7,12H2,1-2H3. The van der Waals surface area contributed by atoms with Crippen LogP contribution in [0.5, 0.6) is 0 Å². The highest BCUT2D eigenvalue weighted by atomic mass is 15.3. The SMILES string of the molecule is CCc1nn(C)c(NC2CCCC2)c1N. The van der Waals surface area contributed by atoms with E-state index in [-0.39, 0.29) is 0 Å². The average molecular weight is 208 g/mol. The second kappa shape index (κ2) is 4.13. The van der Waals surface area contributed by atoms with Crippen LogP contribution >= 0.6 is 0 Å². The molecule has 1 fully saturated rings. The van der Waals surface area contributed by atoms with E-state index >= 15 is 0 Å². The van der Waals surface area contributed by atoms with Crippen molar-refractivity contribution in [2.75, 3.05) is 11.1 Å². The lowest BCUT2D eigenvalue weighted by atomic mass is 10.2. The van der Waals surface area contributed by atoms with Crippen LogP contribution in [0.1, 0.15) is 38.3 Å². The van der Waals surface area contributed by atoms with E-state index in [9.17, 15) is 0 Å². The molecule has 0 saturated heterocycles. The summed E-state index contributed by atoms with van der Waals surface area (Å²) in [4.78, 5) is 0. The Labute approximate surface area is 90.8 Å². The number of anilines is 2. The minimum absolute atomic E-state index is 0.590. The maximum Gasteiger partial charge on any atom is 0.147 e. The molecule has 1 heterocycles. The zero-order valence-electron chi connectivity index (χ0n) is 9.58. The molecule has 2 rings (SSSR count). The van der Waals surface area contributed by atoms with Crippen molar-refractivity contribution in [2.24, 2.45) is 7.05 Å². The molecule has 0 aromatic carbocycles. The summed E-state index contributed by atoms with van der Waals surface area (Å²) in [7, 11) is 1.95. The number of nitrogens with two attached hydrogens (primary N) is 1. The van der Waals surface area contributed by atoms with Gasteiger partial charge in [-0.1, -0.05) is 19.8 Å². The summed E-state index contributed by atoms with van der Waals surface area (Å²) in [5.74, 6) is 0.999. The van der Waals surface area contributed by atoms with E-state index in [1.54, 1.807) is 0 Å². The molecule has 1 aliphatic rings. The van der Waals surface area contributed by atoms with Crippen LogP contribution in [0.4, 0.5) is 11.5 Å². The summed E-state index contributed by atoms with van der Waals surface area (Å²) in [5.41, 5.74) is 7.87. The van der Waals surface area contributed by atoms with Crippen molar-refractivity contribution in [3.63, 3.8) is 0 Å². The predicted octanol–water partition coefficient (Wildman–Crippen LogP) is 1.92. The Morgan fingerprint density at radius 3 is 2.67 bits per heavy atom. The van der Waals surface area contributed by atoms with Crippen molar-refractivity contribution in [2.45, 2.75) is 45.1 Å². The monoisotopic (exact) mass is 208 g/mol. The van der Waals surface area contributed by atoms with Gasteiger partial charge in [0.1, 0.15) is 5.82 Å². The van der Waals surface area contributed by atoms with E-state index in [0.717, 1.165) is 23.6 Å². The smallest absolute Gasteiger partial charge is 0.147 e. The third kappa shape index (κ3) is 1.94. The zero-order valence-corrected chi connectivity index (χ0v) is 9.58. The lowest BCUT2D eigenvalue weighted by Crippen LogP contribution is -2.17. The molecule has 0 radical (unpaired) electrons. The Kier molecular flexibility index (Phi) is 2.84. The minimum Gasteiger partial charge on any atom is -0.394 e. The number of nitrogen functional groups attached to an aromatic ring is 1. The van der Waals surface area contributed by atoms with Gasteiger partial charge in [0, 0.05) is 13.1 Å². The third-order valence-electron chi connectivity index (χ3n) is 3.19. The topological polar surface area (TPSA) is 55.9 Å².